The summed E-state index contributed by atoms with van der Waals surface area (Å²) in [5.41, 5.74) is 0. The molecule has 0 spiro atoms. The normalized spacial score (nSPS) is 12.3. The van der Waals surface area contributed by atoms with Crippen LogP contribution in [0.3, 0.4) is 0 Å². The molecule has 0 bridgehead atoms. The molecule has 0 aromatic rings. The van der Waals surface area contributed by atoms with Gasteiger partial charge in [0.2, 0.25) is 0 Å². The Morgan fingerprint density at radius 3 is 2.18 bits per heavy atom. The summed E-state index contributed by atoms with van der Waals surface area (Å²) in [5.74, 6) is 1.71. The van der Waals surface area contributed by atoms with Gasteiger partial charge in [0.05, 0.1) is 0 Å². The lowest BCUT2D eigenvalue weighted by Gasteiger charge is -2.13. The Labute approximate surface area is 107 Å². The van der Waals surface area contributed by atoms with Gasteiger partial charge in [-0.15, -0.1) is 0 Å². The molecule has 0 rings (SSSR count). The SMILES string of the molecule is CN=C(NCCCC(C)C)NCCCN(C)C. The average Bonchev–Trinajstić information content (AvgIpc) is 2.26. The molecule has 4 heteroatoms. The minimum atomic E-state index is 0.784. The molecule has 0 amide bonds. The van der Waals surface area contributed by atoms with Crippen molar-refractivity contribution in [1.29, 1.82) is 0 Å². The molecule has 0 heterocycles. The average molecular weight is 242 g/mol. The van der Waals surface area contributed by atoms with Crippen LogP contribution < -0.4 is 10.6 Å². The molecule has 4 nitrogen and oxygen atoms in total. The molecule has 0 aliphatic heterocycles. The van der Waals surface area contributed by atoms with Gasteiger partial charge in [-0.2, -0.15) is 0 Å². The summed E-state index contributed by atoms with van der Waals surface area (Å²) in [6.07, 6.45) is 3.61. The Bertz CT molecular complexity index is 182. The molecule has 0 saturated carbocycles. The predicted molar refractivity (Wildman–Crippen MR) is 76.6 cm³/mol. The lowest BCUT2D eigenvalue weighted by molar-refractivity contribution is 0.399. The first-order chi connectivity index (χ1) is 8.06. The summed E-state index contributed by atoms with van der Waals surface area (Å²) in [7, 11) is 6.02. The standard InChI is InChI=1S/C13H30N4/c1-12(2)8-6-9-15-13(14-3)16-10-7-11-17(4)5/h12H,6-11H2,1-5H3,(H2,14,15,16). The van der Waals surface area contributed by atoms with Gasteiger partial charge in [-0.3, -0.25) is 4.99 Å². The summed E-state index contributed by atoms with van der Waals surface area (Å²) in [5, 5.41) is 6.66. The maximum atomic E-state index is 4.20. The lowest BCUT2D eigenvalue weighted by Crippen LogP contribution is -2.38. The topological polar surface area (TPSA) is 39.7 Å². The van der Waals surface area contributed by atoms with Crippen LogP contribution in [0.1, 0.15) is 33.1 Å². The summed E-state index contributed by atoms with van der Waals surface area (Å²) >= 11 is 0. The summed E-state index contributed by atoms with van der Waals surface area (Å²) in [6.45, 7) is 7.60. The van der Waals surface area contributed by atoms with E-state index < -0.39 is 0 Å². The van der Waals surface area contributed by atoms with Crippen molar-refractivity contribution in [2.45, 2.75) is 33.1 Å². The summed E-state index contributed by atoms with van der Waals surface area (Å²) in [6, 6.07) is 0. The largest absolute Gasteiger partial charge is 0.356 e. The van der Waals surface area contributed by atoms with Crippen molar-refractivity contribution >= 4 is 5.96 Å². The van der Waals surface area contributed by atoms with Gasteiger partial charge in [0.25, 0.3) is 0 Å². The monoisotopic (exact) mass is 242 g/mol. The molecule has 0 radical (unpaired) electrons. The van der Waals surface area contributed by atoms with Crippen LogP contribution in [0.4, 0.5) is 0 Å². The van der Waals surface area contributed by atoms with Gasteiger partial charge in [0, 0.05) is 20.1 Å². The second-order valence-corrected chi connectivity index (χ2v) is 5.12. The second kappa shape index (κ2) is 10.4. The molecule has 0 unspecified atom stereocenters. The molecule has 0 aromatic heterocycles. The van der Waals surface area contributed by atoms with Crippen molar-refractivity contribution in [2.75, 3.05) is 40.8 Å². The zero-order chi connectivity index (χ0) is 13.1. The molecule has 0 saturated heterocycles. The molecular formula is C13H30N4. The van der Waals surface area contributed by atoms with E-state index >= 15 is 0 Å². The van der Waals surface area contributed by atoms with E-state index in [1.807, 2.05) is 7.05 Å². The number of rotatable bonds is 8. The number of nitrogens with zero attached hydrogens (tertiary/aromatic N) is 2. The van der Waals surface area contributed by atoms with Crippen LogP contribution in [0.2, 0.25) is 0 Å². The number of guanidine groups is 1. The van der Waals surface area contributed by atoms with Crippen LogP contribution in [0.5, 0.6) is 0 Å². The smallest absolute Gasteiger partial charge is 0.190 e. The maximum absolute atomic E-state index is 4.20. The van der Waals surface area contributed by atoms with Crippen LogP contribution in [0, 0.1) is 5.92 Å². The Morgan fingerprint density at radius 2 is 1.71 bits per heavy atom. The fourth-order valence-corrected chi connectivity index (χ4v) is 1.54. The van der Waals surface area contributed by atoms with E-state index in [0.29, 0.717) is 0 Å². The van der Waals surface area contributed by atoms with E-state index in [1.54, 1.807) is 0 Å². The highest BCUT2D eigenvalue weighted by Crippen LogP contribution is 2.01. The first-order valence-electron chi connectivity index (χ1n) is 6.65. The van der Waals surface area contributed by atoms with Crippen molar-refractivity contribution in [3.05, 3.63) is 0 Å². The third-order valence-corrected chi connectivity index (χ3v) is 2.55. The van der Waals surface area contributed by atoms with Crippen molar-refractivity contribution in [2.24, 2.45) is 10.9 Å². The Hall–Kier alpha value is -0.770. The first kappa shape index (κ1) is 16.2. The van der Waals surface area contributed by atoms with E-state index in [4.69, 9.17) is 0 Å². The zero-order valence-corrected chi connectivity index (χ0v) is 12.2. The van der Waals surface area contributed by atoms with Crippen molar-refractivity contribution in [1.82, 2.24) is 15.5 Å². The highest BCUT2D eigenvalue weighted by Gasteiger charge is 1.98. The quantitative estimate of drug-likeness (QED) is 0.385. The van der Waals surface area contributed by atoms with E-state index in [2.05, 4.69) is 48.5 Å². The van der Waals surface area contributed by atoms with Crippen LogP contribution in [-0.2, 0) is 0 Å². The highest BCUT2D eigenvalue weighted by atomic mass is 15.2. The number of hydrogen-bond donors (Lipinski definition) is 2. The Morgan fingerprint density at radius 1 is 1.12 bits per heavy atom. The van der Waals surface area contributed by atoms with Crippen LogP contribution in [-0.4, -0.2) is 51.6 Å². The fourth-order valence-electron chi connectivity index (χ4n) is 1.54. The predicted octanol–water partition coefficient (Wildman–Crippen LogP) is 1.54. The molecule has 0 aliphatic carbocycles. The molecular weight excluding hydrogens is 212 g/mol. The van der Waals surface area contributed by atoms with Gasteiger partial charge in [-0.05, 0) is 45.8 Å². The van der Waals surface area contributed by atoms with Crippen LogP contribution >= 0.6 is 0 Å². The van der Waals surface area contributed by atoms with E-state index in [1.165, 1.54) is 12.8 Å². The van der Waals surface area contributed by atoms with Crippen molar-refractivity contribution in [3.63, 3.8) is 0 Å². The van der Waals surface area contributed by atoms with Crippen LogP contribution in [0.15, 0.2) is 4.99 Å². The second-order valence-electron chi connectivity index (χ2n) is 5.12. The van der Waals surface area contributed by atoms with Gasteiger partial charge < -0.3 is 15.5 Å². The van der Waals surface area contributed by atoms with Gasteiger partial charge in [0.1, 0.15) is 0 Å². The fraction of sp³-hybridized carbons (Fsp3) is 0.923. The summed E-state index contributed by atoms with van der Waals surface area (Å²) in [4.78, 5) is 6.40. The zero-order valence-electron chi connectivity index (χ0n) is 12.2. The Kier molecular flexibility index (Phi) is 9.92. The van der Waals surface area contributed by atoms with Gasteiger partial charge in [-0.1, -0.05) is 13.8 Å². The summed E-state index contributed by atoms with van der Waals surface area (Å²) < 4.78 is 0. The maximum Gasteiger partial charge on any atom is 0.190 e. The molecule has 17 heavy (non-hydrogen) atoms. The van der Waals surface area contributed by atoms with Crippen LogP contribution in [0.25, 0.3) is 0 Å². The van der Waals surface area contributed by atoms with Gasteiger partial charge in [-0.25, -0.2) is 0 Å². The molecule has 0 fully saturated rings. The van der Waals surface area contributed by atoms with Crippen molar-refractivity contribution in [3.8, 4) is 0 Å². The minimum Gasteiger partial charge on any atom is -0.356 e. The third kappa shape index (κ3) is 11.5. The molecule has 102 valence electrons. The third-order valence-electron chi connectivity index (χ3n) is 2.55. The molecule has 0 aliphatic rings. The molecule has 0 atom stereocenters. The lowest BCUT2D eigenvalue weighted by atomic mass is 10.1. The van der Waals surface area contributed by atoms with Gasteiger partial charge in [0.15, 0.2) is 5.96 Å². The van der Waals surface area contributed by atoms with E-state index in [0.717, 1.165) is 37.9 Å². The number of aliphatic imine (C=N–C) groups is 1. The van der Waals surface area contributed by atoms with E-state index in [-0.39, 0.29) is 0 Å². The minimum absolute atomic E-state index is 0.784. The van der Waals surface area contributed by atoms with Crippen molar-refractivity contribution < 1.29 is 0 Å². The van der Waals surface area contributed by atoms with E-state index in [9.17, 15) is 0 Å². The Balaban J connectivity index is 3.50. The molecule has 2 N–H and O–H groups in total. The highest BCUT2D eigenvalue weighted by molar-refractivity contribution is 5.79. The van der Waals surface area contributed by atoms with Gasteiger partial charge >= 0.3 is 0 Å². The molecule has 0 aromatic carbocycles. The first-order valence-corrected chi connectivity index (χ1v) is 6.65. The number of hydrogen-bond acceptors (Lipinski definition) is 2. The number of nitrogens with one attached hydrogen (secondary N) is 2.